The normalized spacial score (nSPS) is 42.0. The summed E-state index contributed by atoms with van der Waals surface area (Å²) in [5.74, 6) is 1.09. The second kappa shape index (κ2) is 9.69. The molecule has 0 aromatic carbocycles. The Labute approximate surface area is 199 Å². The highest BCUT2D eigenvalue weighted by Crippen LogP contribution is 2.52. The van der Waals surface area contributed by atoms with Gasteiger partial charge in [0.05, 0.1) is 12.7 Å². The maximum absolute atomic E-state index is 12.7. The second-order valence-corrected chi connectivity index (χ2v) is 11.4. The summed E-state index contributed by atoms with van der Waals surface area (Å²) in [7, 11) is 1.50. The number of nitrogens with zero attached hydrogens (tertiary/aromatic N) is 1. The third kappa shape index (κ3) is 4.62. The average Bonchev–Trinajstić information content (AvgIpc) is 3.13. The molecule has 0 radical (unpaired) electrons. The van der Waals surface area contributed by atoms with Gasteiger partial charge in [-0.2, -0.15) is 0 Å². The molecule has 6 nitrogen and oxygen atoms in total. The molecule has 0 amide bonds. The monoisotopic (exact) mass is 461 g/mol. The Hall–Kier alpha value is -1.40. The number of esters is 2. The molecule has 9 atom stereocenters. The van der Waals surface area contributed by atoms with Crippen LogP contribution in [0.5, 0.6) is 0 Å². The van der Waals surface area contributed by atoms with Gasteiger partial charge in [-0.25, -0.2) is 0 Å². The first kappa shape index (κ1) is 24.7. The van der Waals surface area contributed by atoms with Crippen LogP contribution in [-0.4, -0.2) is 59.4 Å². The third-order valence-electron chi connectivity index (χ3n) is 9.52. The molecule has 0 spiro atoms. The van der Waals surface area contributed by atoms with E-state index in [-0.39, 0.29) is 35.9 Å². The zero-order chi connectivity index (χ0) is 23.9. The summed E-state index contributed by atoms with van der Waals surface area (Å²) >= 11 is 0. The van der Waals surface area contributed by atoms with E-state index in [0.717, 1.165) is 31.4 Å². The van der Waals surface area contributed by atoms with Crippen LogP contribution in [0.3, 0.4) is 0 Å². The lowest BCUT2D eigenvalue weighted by Crippen LogP contribution is -2.56. The Morgan fingerprint density at radius 1 is 1.24 bits per heavy atom. The Balaban J connectivity index is 1.56. The van der Waals surface area contributed by atoms with Crippen LogP contribution in [0.4, 0.5) is 0 Å². The van der Waals surface area contributed by atoms with E-state index in [9.17, 15) is 14.7 Å². The lowest BCUT2D eigenvalue weighted by Gasteiger charge is -2.53. The number of rotatable bonds is 5. The predicted molar refractivity (Wildman–Crippen MR) is 126 cm³/mol. The number of likely N-dealkylation sites (tertiary alicyclic amines) is 1. The smallest absolute Gasteiger partial charge is 0.323 e. The van der Waals surface area contributed by atoms with Crippen LogP contribution in [0.2, 0.25) is 0 Å². The van der Waals surface area contributed by atoms with Crippen molar-refractivity contribution in [2.75, 3.05) is 13.7 Å². The molecular weight excluding hydrogens is 418 g/mol. The number of fused-ring (bicyclic) bond motifs is 2. The van der Waals surface area contributed by atoms with Gasteiger partial charge in [-0.05, 0) is 68.3 Å². The van der Waals surface area contributed by atoms with Crippen molar-refractivity contribution in [3.63, 3.8) is 0 Å². The van der Waals surface area contributed by atoms with Gasteiger partial charge < -0.3 is 14.6 Å². The summed E-state index contributed by atoms with van der Waals surface area (Å²) in [5, 5.41) is 11.9. The predicted octanol–water partition coefficient (Wildman–Crippen LogP) is 4.10. The first-order valence-electron chi connectivity index (χ1n) is 13.1. The van der Waals surface area contributed by atoms with E-state index in [1.807, 2.05) is 6.92 Å². The largest absolute Gasteiger partial charge is 0.468 e. The highest BCUT2D eigenvalue weighted by molar-refractivity contribution is 5.76. The molecular formula is C27H43NO5. The van der Waals surface area contributed by atoms with Gasteiger partial charge in [0.15, 0.2) is 0 Å². The summed E-state index contributed by atoms with van der Waals surface area (Å²) in [6.07, 6.45) is 10.2. The second-order valence-electron chi connectivity index (χ2n) is 11.4. The summed E-state index contributed by atoms with van der Waals surface area (Å²) in [6, 6.07) is 0.340. The molecule has 2 saturated carbocycles. The van der Waals surface area contributed by atoms with Crippen LogP contribution in [0, 0.1) is 29.6 Å². The van der Waals surface area contributed by atoms with E-state index in [1.165, 1.54) is 39.7 Å². The van der Waals surface area contributed by atoms with Gasteiger partial charge in [0.25, 0.3) is 0 Å². The van der Waals surface area contributed by atoms with Crippen LogP contribution in [-0.2, 0) is 19.1 Å². The Morgan fingerprint density at radius 2 is 1.97 bits per heavy atom. The van der Waals surface area contributed by atoms with Crippen molar-refractivity contribution in [2.24, 2.45) is 29.6 Å². The Morgan fingerprint density at radius 3 is 2.67 bits per heavy atom. The van der Waals surface area contributed by atoms with Gasteiger partial charge in [0.2, 0.25) is 0 Å². The fourth-order valence-corrected chi connectivity index (χ4v) is 7.65. The molecule has 0 bridgehead atoms. The summed E-state index contributed by atoms with van der Waals surface area (Å²) < 4.78 is 10.8. The number of carbonyl (C=O) groups is 2. The fourth-order valence-electron chi connectivity index (χ4n) is 7.65. The zero-order valence-corrected chi connectivity index (χ0v) is 21.1. The van der Waals surface area contributed by atoms with Gasteiger partial charge >= 0.3 is 11.9 Å². The topological polar surface area (TPSA) is 76.1 Å². The SMILES string of the molecule is COC(=O)C1CC2CCCCC2N1CC(C)[C@@H]1CC[C@@H](C)[C@]2(O)C[C@@H](OC(C)=O)C(C)=C[C@H]12. The molecule has 0 aromatic heterocycles. The van der Waals surface area contributed by atoms with Crippen LogP contribution < -0.4 is 0 Å². The summed E-state index contributed by atoms with van der Waals surface area (Å²) in [6.45, 7) is 8.76. The Kier molecular flexibility index (Phi) is 7.26. The van der Waals surface area contributed by atoms with Gasteiger partial charge in [-0.1, -0.05) is 32.8 Å². The lowest BCUT2D eigenvalue weighted by molar-refractivity contribution is -0.160. The van der Waals surface area contributed by atoms with Crippen molar-refractivity contribution in [3.05, 3.63) is 11.6 Å². The van der Waals surface area contributed by atoms with Crippen LogP contribution in [0.15, 0.2) is 11.6 Å². The van der Waals surface area contributed by atoms with Crippen molar-refractivity contribution >= 4 is 11.9 Å². The number of methoxy groups -OCH3 is 1. The lowest BCUT2D eigenvalue weighted by atomic mass is 9.57. The van der Waals surface area contributed by atoms with Gasteiger partial charge in [-0.3, -0.25) is 14.5 Å². The minimum Gasteiger partial charge on any atom is -0.468 e. The van der Waals surface area contributed by atoms with Crippen molar-refractivity contribution in [2.45, 2.75) is 103 Å². The molecule has 33 heavy (non-hydrogen) atoms. The van der Waals surface area contributed by atoms with Gasteiger partial charge in [0, 0.05) is 31.8 Å². The quantitative estimate of drug-likeness (QED) is 0.491. The Bertz CT molecular complexity index is 780. The average molecular weight is 462 g/mol. The van der Waals surface area contributed by atoms with Crippen LogP contribution >= 0.6 is 0 Å². The number of aliphatic hydroxyl groups is 1. The van der Waals surface area contributed by atoms with Crippen LogP contribution in [0.25, 0.3) is 0 Å². The maximum atomic E-state index is 12.7. The molecule has 1 heterocycles. The molecule has 4 unspecified atom stereocenters. The molecule has 0 aromatic rings. The number of hydrogen-bond acceptors (Lipinski definition) is 6. The molecule has 1 saturated heterocycles. The minimum absolute atomic E-state index is 0.0457. The van der Waals surface area contributed by atoms with Gasteiger partial charge in [-0.15, -0.1) is 0 Å². The molecule has 6 heteroatoms. The summed E-state index contributed by atoms with van der Waals surface area (Å²) in [5.41, 5.74) is 0.184. The highest BCUT2D eigenvalue weighted by Gasteiger charge is 2.54. The van der Waals surface area contributed by atoms with Crippen molar-refractivity contribution in [3.8, 4) is 0 Å². The maximum Gasteiger partial charge on any atom is 0.323 e. The molecule has 1 aliphatic heterocycles. The summed E-state index contributed by atoms with van der Waals surface area (Å²) in [4.78, 5) is 26.7. The van der Waals surface area contributed by atoms with Crippen molar-refractivity contribution in [1.82, 2.24) is 4.90 Å². The zero-order valence-electron chi connectivity index (χ0n) is 21.1. The third-order valence-corrected chi connectivity index (χ3v) is 9.52. The van der Waals surface area contributed by atoms with Crippen molar-refractivity contribution < 1.29 is 24.2 Å². The van der Waals surface area contributed by atoms with E-state index in [2.05, 4.69) is 24.8 Å². The molecule has 4 rings (SSSR count). The highest BCUT2D eigenvalue weighted by atomic mass is 16.5. The molecule has 3 aliphatic carbocycles. The first-order chi connectivity index (χ1) is 15.7. The molecule has 186 valence electrons. The van der Waals surface area contributed by atoms with E-state index in [4.69, 9.17) is 9.47 Å². The van der Waals surface area contributed by atoms with Crippen molar-refractivity contribution in [1.29, 1.82) is 0 Å². The number of carbonyl (C=O) groups excluding carboxylic acids is 2. The molecule has 4 aliphatic rings. The van der Waals surface area contributed by atoms with E-state index in [1.54, 1.807) is 0 Å². The van der Waals surface area contributed by atoms with Gasteiger partial charge in [0.1, 0.15) is 12.1 Å². The van der Waals surface area contributed by atoms with E-state index < -0.39 is 5.60 Å². The fraction of sp³-hybridized carbons (Fsp3) is 0.852. The molecule has 1 N–H and O–H groups in total. The standard InChI is InChI=1S/C27H43NO5/c1-16-12-22-21(11-10-18(3)27(22,31)14-25(16)33-19(4)29)17(2)15-28-23-9-7-6-8-20(23)13-24(28)26(30)32-5/h12,17-18,20-25,31H,6-11,13-15H2,1-5H3/t17?,18-,20?,21+,22-,23?,24?,25-,27-/m1/s1. The first-order valence-corrected chi connectivity index (χ1v) is 13.1. The van der Waals surface area contributed by atoms with Crippen LogP contribution in [0.1, 0.15) is 79.1 Å². The van der Waals surface area contributed by atoms with E-state index >= 15 is 0 Å². The molecule has 3 fully saturated rings. The number of hydrogen-bond donors (Lipinski definition) is 1. The van der Waals surface area contributed by atoms with E-state index in [0.29, 0.717) is 30.2 Å². The minimum atomic E-state index is -0.864. The number of ether oxygens (including phenoxy) is 2.